The largest absolute Gasteiger partial charge is 0.459 e. The van der Waals surface area contributed by atoms with Crippen LogP contribution in [0.25, 0.3) is 0 Å². The van der Waals surface area contributed by atoms with Crippen molar-refractivity contribution < 1.29 is 48.7 Å². The molecule has 0 aliphatic carbocycles. The van der Waals surface area contributed by atoms with Crippen LogP contribution in [-0.4, -0.2) is 149 Å². The molecule has 0 radical (unpaired) electrons. The Morgan fingerprint density at radius 3 is 2.25 bits per heavy atom. The number of aliphatic hydroxyl groups excluding tert-OH is 2. The number of hydrogen-bond donors (Lipinski definition) is 3. The molecule has 4 saturated heterocycles. The molecule has 4 aliphatic heterocycles. The van der Waals surface area contributed by atoms with E-state index in [4.69, 9.17) is 23.7 Å². The highest BCUT2D eigenvalue weighted by molar-refractivity contribution is 5.73. The van der Waals surface area contributed by atoms with Gasteiger partial charge in [0.15, 0.2) is 12.1 Å². The van der Waals surface area contributed by atoms with Crippen LogP contribution in [0.3, 0.4) is 0 Å². The van der Waals surface area contributed by atoms with Crippen molar-refractivity contribution in [3.63, 3.8) is 0 Å². The zero-order valence-electron chi connectivity index (χ0n) is 35.3. The minimum absolute atomic E-state index is 0.0192. The minimum Gasteiger partial charge on any atom is -0.459 e. The maximum absolute atomic E-state index is 14.3. The van der Waals surface area contributed by atoms with Gasteiger partial charge in [0.1, 0.15) is 23.9 Å². The van der Waals surface area contributed by atoms with E-state index in [2.05, 4.69) is 11.8 Å². The molecule has 15 heteroatoms. The Bertz CT molecular complexity index is 1490. The van der Waals surface area contributed by atoms with E-state index in [1.54, 1.807) is 19.1 Å². The predicted octanol–water partition coefficient (Wildman–Crippen LogP) is 3.94. The van der Waals surface area contributed by atoms with Crippen molar-refractivity contribution in [3.05, 3.63) is 34.4 Å². The fourth-order valence-corrected chi connectivity index (χ4v) is 9.82. The Kier molecular flexibility index (Phi) is 13.9. The van der Waals surface area contributed by atoms with Crippen LogP contribution in [0.4, 0.5) is 11.4 Å². The number of cyclic esters (lactones) is 1. The van der Waals surface area contributed by atoms with Crippen LogP contribution in [0, 0.1) is 27.9 Å². The van der Waals surface area contributed by atoms with E-state index in [1.807, 2.05) is 65.6 Å². The Labute approximate surface area is 332 Å². The van der Waals surface area contributed by atoms with Gasteiger partial charge in [-0.3, -0.25) is 14.9 Å². The van der Waals surface area contributed by atoms with Crippen molar-refractivity contribution in [2.75, 3.05) is 45.7 Å². The van der Waals surface area contributed by atoms with Crippen molar-refractivity contribution >= 4 is 17.3 Å². The normalized spacial score (nSPS) is 41.8. The van der Waals surface area contributed by atoms with Gasteiger partial charge in [-0.2, -0.15) is 0 Å². The van der Waals surface area contributed by atoms with E-state index in [-0.39, 0.29) is 30.2 Å². The second-order valence-electron chi connectivity index (χ2n) is 17.9. The lowest BCUT2D eigenvalue weighted by Crippen LogP contribution is -2.60. The molecule has 15 nitrogen and oxygen atoms in total. The highest BCUT2D eigenvalue weighted by Crippen LogP contribution is 2.48. The van der Waals surface area contributed by atoms with Gasteiger partial charge in [-0.1, -0.05) is 20.8 Å². The molecule has 3 N–H and O–H groups in total. The van der Waals surface area contributed by atoms with Crippen LogP contribution < -0.4 is 4.90 Å². The summed E-state index contributed by atoms with van der Waals surface area (Å²) >= 11 is 0. The van der Waals surface area contributed by atoms with Gasteiger partial charge in [0.05, 0.1) is 34.8 Å². The van der Waals surface area contributed by atoms with Gasteiger partial charge in [0, 0.05) is 68.3 Å². The van der Waals surface area contributed by atoms with Crippen molar-refractivity contribution in [1.29, 1.82) is 0 Å². The average molecular weight is 793 g/mol. The number of nitro groups is 1. The monoisotopic (exact) mass is 792 g/mol. The van der Waals surface area contributed by atoms with Crippen LogP contribution >= 0.6 is 0 Å². The molecule has 56 heavy (non-hydrogen) atoms. The van der Waals surface area contributed by atoms with Gasteiger partial charge in [0.2, 0.25) is 0 Å². The molecule has 4 aliphatic rings. The van der Waals surface area contributed by atoms with Gasteiger partial charge >= 0.3 is 5.97 Å². The van der Waals surface area contributed by atoms with Gasteiger partial charge < -0.3 is 53.7 Å². The predicted molar refractivity (Wildman–Crippen MR) is 210 cm³/mol. The number of fused-ring (bicyclic) bond motifs is 3. The Morgan fingerprint density at radius 2 is 1.68 bits per heavy atom. The number of anilines is 1. The number of nitrogens with zero attached hydrogens (tertiary/aromatic N) is 4. The number of non-ortho nitro benzene ring substituents is 1. The number of nitro benzene ring substituents is 1. The van der Waals surface area contributed by atoms with Gasteiger partial charge in [-0.15, -0.1) is 0 Å². The second kappa shape index (κ2) is 17.4. The first-order valence-electron chi connectivity index (χ1n) is 20.5. The van der Waals surface area contributed by atoms with Gasteiger partial charge in [0.25, 0.3) is 5.69 Å². The number of esters is 1. The fraction of sp³-hybridized carbons (Fsp3) is 0.829. The summed E-state index contributed by atoms with van der Waals surface area (Å²) in [5.41, 5.74) is -1.92. The third-order valence-electron chi connectivity index (χ3n) is 13.1. The summed E-state index contributed by atoms with van der Waals surface area (Å²) in [6, 6.07) is 5.79. The van der Waals surface area contributed by atoms with Crippen LogP contribution in [0.2, 0.25) is 0 Å². The third kappa shape index (κ3) is 9.21. The molecule has 0 amide bonds. The number of carbonyl (C=O) groups excluding carboxylic acids is 1. The summed E-state index contributed by atoms with van der Waals surface area (Å²) in [5, 5.41) is 46.4. The average Bonchev–Trinajstić information content (AvgIpc) is 3.22. The highest BCUT2D eigenvalue weighted by Gasteiger charge is 2.58. The third-order valence-corrected chi connectivity index (χ3v) is 13.1. The minimum atomic E-state index is -1.75. The molecule has 4 heterocycles. The van der Waals surface area contributed by atoms with Crippen molar-refractivity contribution in [2.45, 2.75) is 159 Å². The molecule has 1 spiro atoms. The number of likely N-dealkylation sites (N-methyl/N-ethyl adjacent to an activating group) is 2. The number of ether oxygens (including phenoxy) is 5. The summed E-state index contributed by atoms with van der Waals surface area (Å²) in [4.78, 5) is 31.4. The molecule has 0 aromatic heterocycles. The zero-order chi connectivity index (χ0) is 41.5. The molecule has 4 fully saturated rings. The van der Waals surface area contributed by atoms with E-state index in [1.165, 1.54) is 19.1 Å². The van der Waals surface area contributed by atoms with E-state index in [0.717, 1.165) is 5.69 Å². The smallest absolute Gasteiger partial charge is 0.311 e. The second-order valence-corrected chi connectivity index (χ2v) is 17.9. The van der Waals surface area contributed by atoms with E-state index in [9.17, 15) is 30.2 Å². The highest BCUT2D eigenvalue weighted by atomic mass is 16.7. The van der Waals surface area contributed by atoms with Crippen molar-refractivity contribution in [3.8, 4) is 0 Å². The zero-order valence-corrected chi connectivity index (χ0v) is 35.3. The molecular weight excluding hydrogens is 724 g/mol. The maximum Gasteiger partial charge on any atom is 0.311 e. The van der Waals surface area contributed by atoms with E-state index in [0.29, 0.717) is 45.3 Å². The Morgan fingerprint density at radius 1 is 1.05 bits per heavy atom. The summed E-state index contributed by atoms with van der Waals surface area (Å²) in [6.45, 7) is 16.6. The maximum atomic E-state index is 14.3. The van der Waals surface area contributed by atoms with Crippen LogP contribution in [-0.2, 0) is 28.5 Å². The van der Waals surface area contributed by atoms with Crippen LogP contribution in [0.15, 0.2) is 24.3 Å². The summed E-state index contributed by atoms with van der Waals surface area (Å²) < 4.78 is 34.0. The Hall–Kier alpha value is -2.47. The van der Waals surface area contributed by atoms with Crippen molar-refractivity contribution in [1.82, 2.24) is 9.80 Å². The first kappa shape index (κ1) is 44.6. The fourth-order valence-electron chi connectivity index (χ4n) is 9.82. The first-order valence-corrected chi connectivity index (χ1v) is 20.5. The molecule has 1 aromatic rings. The molecule has 318 valence electrons. The molecule has 0 saturated carbocycles. The summed E-state index contributed by atoms with van der Waals surface area (Å²) in [5.74, 6) is -3.11. The molecule has 1 unspecified atom stereocenters. The number of piperidine rings is 1. The summed E-state index contributed by atoms with van der Waals surface area (Å²) in [7, 11) is 5.76. The number of rotatable bonds is 6. The van der Waals surface area contributed by atoms with Crippen LogP contribution in [0.5, 0.6) is 0 Å². The number of hydrogen-bond acceptors (Lipinski definition) is 14. The molecule has 1 aromatic carbocycles. The Balaban J connectivity index is 1.59. The van der Waals surface area contributed by atoms with Crippen molar-refractivity contribution in [2.24, 2.45) is 17.8 Å². The lowest BCUT2D eigenvalue weighted by atomic mass is 9.78. The number of aliphatic hydroxyl groups is 3. The molecule has 5 rings (SSSR count). The van der Waals surface area contributed by atoms with Crippen LogP contribution in [0.1, 0.15) is 87.5 Å². The SMILES string of the molecule is CC[C@H]1OC(=O)[C@H](C)[C@H]2OC3(CCN(c4ccc([N+](=O)[O-])cc4)CC3)O[C@](C)(C[C@@H](C)CN(C)[C@H](C)[C@@H](O)[C@]1(C)O)[C@H](O[C@@H]1O[C@H](C)CC(N(C)C)[C@H]1O)[C@H]2C. The lowest BCUT2D eigenvalue weighted by Gasteiger charge is -2.49. The number of benzene rings is 1. The van der Waals surface area contributed by atoms with Gasteiger partial charge in [-0.25, -0.2) is 0 Å². The van der Waals surface area contributed by atoms with E-state index < -0.39 is 82.6 Å². The summed E-state index contributed by atoms with van der Waals surface area (Å²) in [6.07, 6.45) is -3.67. The van der Waals surface area contributed by atoms with Gasteiger partial charge in [-0.05, 0) is 93.1 Å². The topological polar surface area (TPSA) is 177 Å². The molecule has 14 atom stereocenters. The number of carbonyl (C=O) groups is 1. The quantitative estimate of drug-likeness (QED) is 0.215. The molecular formula is C41H68N4O11. The standard InChI is InChI=1S/C41H68N4O11/c1-12-32-40(8,49)35(47)28(6)43(11)23-24(2)22-39(7)36(54-38-33(46)31(42(9)10)21-25(3)52-38)26(4)34(27(5)37(48)53-32)55-41(56-39)17-19-44(20-18-41)29-13-15-30(16-14-29)45(50)51/h13-16,24-28,31-36,38,46-47,49H,12,17-23H2,1-11H3/t24-,25-,26+,27-,28-,31?,32-,33-,34+,35-,36-,38+,39-,40-/m1/s1. The first-order chi connectivity index (χ1) is 26.1. The molecule has 2 bridgehead atoms. The lowest BCUT2D eigenvalue weighted by molar-refractivity contribution is -0.384. The van der Waals surface area contributed by atoms with E-state index >= 15 is 0 Å².